The number of thioether (sulfide) groups is 1. The molecule has 3 aromatic rings. The zero-order chi connectivity index (χ0) is 21.7. The largest absolute Gasteiger partial charge is 0.381 e. The maximum absolute atomic E-state index is 12.7. The van der Waals surface area contributed by atoms with Gasteiger partial charge in [-0.2, -0.15) is 0 Å². The van der Waals surface area contributed by atoms with E-state index < -0.39 is 0 Å². The lowest BCUT2D eigenvalue weighted by atomic mass is 9.74. The molecule has 1 fully saturated rings. The molecule has 0 spiro atoms. The van der Waals surface area contributed by atoms with Gasteiger partial charge >= 0.3 is 0 Å². The van der Waals surface area contributed by atoms with Crippen LogP contribution < -0.4 is 5.32 Å². The Morgan fingerprint density at radius 3 is 2.74 bits per heavy atom. The first-order valence-electron chi connectivity index (χ1n) is 10.4. The Hall–Kier alpha value is -2.28. The Balaban J connectivity index is 1.40. The molecule has 1 amide bonds. The van der Waals surface area contributed by atoms with Crippen molar-refractivity contribution in [2.45, 2.75) is 30.3 Å². The average molecular weight is 456 g/mol. The third-order valence-electron chi connectivity index (χ3n) is 5.90. The summed E-state index contributed by atoms with van der Waals surface area (Å²) in [6.45, 7) is 4.03. The first-order chi connectivity index (χ1) is 15.1. The van der Waals surface area contributed by atoms with Crippen LogP contribution in [0.25, 0.3) is 5.69 Å². The Morgan fingerprint density at radius 2 is 1.97 bits per heavy atom. The number of hydrogen-bond acceptors (Lipinski definition) is 4. The second-order valence-corrected chi connectivity index (χ2v) is 9.14. The van der Waals surface area contributed by atoms with E-state index in [0.29, 0.717) is 17.3 Å². The summed E-state index contributed by atoms with van der Waals surface area (Å²) in [6, 6.07) is 16.2. The molecule has 0 atom stereocenters. The highest BCUT2D eigenvalue weighted by Gasteiger charge is 2.34. The molecule has 1 saturated heterocycles. The highest BCUT2D eigenvalue weighted by molar-refractivity contribution is 7.99. The van der Waals surface area contributed by atoms with Gasteiger partial charge in [-0.25, -0.2) is 4.98 Å². The zero-order valence-electron chi connectivity index (χ0n) is 17.5. The lowest BCUT2D eigenvalue weighted by Gasteiger charge is -2.38. The molecule has 2 aromatic carbocycles. The standard InChI is InChI=1S/C24H26ClN3O2S/c1-18-20(25)8-5-9-21(18)28-13-12-26-23(28)31-16-22(29)27-17-24(10-14-30-15-11-24)19-6-3-2-4-7-19/h2-9,12-13H,10-11,14-17H2,1H3,(H,27,29). The highest BCUT2D eigenvalue weighted by atomic mass is 35.5. The zero-order valence-corrected chi connectivity index (χ0v) is 19.1. The van der Waals surface area contributed by atoms with E-state index in [0.717, 1.165) is 42.5 Å². The summed E-state index contributed by atoms with van der Waals surface area (Å²) >= 11 is 7.70. The fraction of sp³-hybridized carbons (Fsp3) is 0.333. The summed E-state index contributed by atoms with van der Waals surface area (Å²) < 4.78 is 7.56. The van der Waals surface area contributed by atoms with Crippen LogP contribution in [0.5, 0.6) is 0 Å². The SMILES string of the molecule is Cc1c(Cl)cccc1-n1ccnc1SCC(=O)NCC1(c2ccccc2)CCOCC1. The summed E-state index contributed by atoms with van der Waals surface area (Å²) in [5.74, 6) is 0.307. The van der Waals surface area contributed by atoms with Crippen LogP contribution in [0.1, 0.15) is 24.0 Å². The number of halogens is 1. The van der Waals surface area contributed by atoms with Crippen molar-refractivity contribution in [2.24, 2.45) is 0 Å². The monoisotopic (exact) mass is 455 g/mol. The van der Waals surface area contributed by atoms with E-state index in [2.05, 4.69) is 34.6 Å². The smallest absolute Gasteiger partial charge is 0.230 e. The van der Waals surface area contributed by atoms with Crippen LogP contribution in [-0.2, 0) is 14.9 Å². The number of imidazole rings is 1. The number of rotatable bonds is 7. The van der Waals surface area contributed by atoms with Gasteiger partial charge < -0.3 is 10.1 Å². The Labute approximate surface area is 192 Å². The number of benzene rings is 2. The molecule has 162 valence electrons. The van der Waals surface area contributed by atoms with E-state index in [4.69, 9.17) is 16.3 Å². The molecule has 1 aromatic heterocycles. The van der Waals surface area contributed by atoms with Gasteiger partial charge in [0.1, 0.15) is 0 Å². The van der Waals surface area contributed by atoms with Crippen molar-refractivity contribution in [2.75, 3.05) is 25.5 Å². The second kappa shape index (κ2) is 9.90. The van der Waals surface area contributed by atoms with Crippen molar-refractivity contribution in [1.82, 2.24) is 14.9 Å². The molecule has 0 aliphatic carbocycles. The van der Waals surface area contributed by atoms with Gasteiger partial charge in [0.25, 0.3) is 0 Å². The summed E-state index contributed by atoms with van der Waals surface area (Å²) in [7, 11) is 0. The number of amides is 1. The average Bonchev–Trinajstić information content (AvgIpc) is 3.28. The number of carbonyl (C=O) groups is 1. The Bertz CT molecular complexity index is 1030. The van der Waals surface area contributed by atoms with E-state index in [1.807, 2.05) is 42.0 Å². The van der Waals surface area contributed by atoms with Crippen LogP contribution in [0.2, 0.25) is 5.02 Å². The first kappa shape index (κ1) is 21.9. The predicted octanol–water partition coefficient (Wildman–Crippen LogP) is 4.79. The number of aromatic nitrogens is 2. The topological polar surface area (TPSA) is 56.2 Å². The molecular weight excluding hydrogens is 430 g/mol. The van der Waals surface area contributed by atoms with Crippen molar-refractivity contribution in [3.8, 4) is 5.69 Å². The van der Waals surface area contributed by atoms with Gasteiger partial charge in [-0.15, -0.1) is 0 Å². The van der Waals surface area contributed by atoms with E-state index in [9.17, 15) is 4.79 Å². The van der Waals surface area contributed by atoms with Gasteiger partial charge in [0.15, 0.2) is 5.16 Å². The van der Waals surface area contributed by atoms with Crippen molar-refractivity contribution in [3.63, 3.8) is 0 Å². The van der Waals surface area contributed by atoms with E-state index in [1.165, 1.54) is 17.3 Å². The number of nitrogens with one attached hydrogen (secondary N) is 1. The van der Waals surface area contributed by atoms with Crippen molar-refractivity contribution in [3.05, 3.63) is 77.1 Å². The molecule has 0 unspecified atom stereocenters. The lowest BCUT2D eigenvalue weighted by Crippen LogP contribution is -2.45. The molecule has 0 bridgehead atoms. The molecule has 4 rings (SSSR count). The van der Waals surface area contributed by atoms with Crippen LogP contribution in [0.15, 0.2) is 66.1 Å². The quantitative estimate of drug-likeness (QED) is 0.520. The van der Waals surface area contributed by atoms with Crippen LogP contribution in [0, 0.1) is 6.92 Å². The molecule has 7 heteroatoms. The second-order valence-electron chi connectivity index (χ2n) is 7.79. The summed E-state index contributed by atoms with van der Waals surface area (Å²) in [5, 5.41) is 4.64. The molecule has 5 nitrogen and oxygen atoms in total. The molecule has 2 heterocycles. The summed E-state index contributed by atoms with van der Waals surface area (Å²) in [4.78, 5) is 17.1. The van der Waals surface area contributed by atoms with Gasteiger partial charge in [-0.3, -0.25) is 9.36 Å². The molecule has 0 saturated carbocycles. The maximum atomic E-state index is 12.7. The minimum atomic E-state index is -0.0732. The lowest BCUT2D eigenvalue weighted by molar-refractivity contribution is -0.119. The third-order valence-corrected chi connectivity index (χ3v) is 7.27. The minimum absolute atomic E-state index is 0.00386. The van der Waals surface area contributed by atoms with Crippen molar-refractivity contribution in [1.29, 1.82) is 0 Å². The van der Waals surface area contributed by atoms with Crippen molar-refractivity contribution < 1.29 is 9.53 Å². The third kappa shape index (κ3) is 4.97. The van der Waals surface area contributed by atoms with E-state index in [-0.39, 0.29) is 11.3 Å². The maximum Gasteiger partial charge on any atom is 0.230 e. The molecule has 1 aliphatic heterocycles. The Kier molecular flexibility index (Phi) is 7.00. The van der Waals surface area contributed by atoms with Gasteiger partial charge in [0.05, 0.1) is 11.4 Å². The van der Waals surface area contributed by atoms with Gasteiger partial charge in [-0.05, 0) is 43.0 Å². The van der Waals surface area contributed by atoms with Gasteiger partial charge in [-0.1, -0.05) is 59.8 Å². The van der Waals surface area contributed by atoms with Crippen LogP contribution >= 0.6 is 23.4 Å². The van der Waals surface area contributed by atoms with E-state index in [1.54, 1.807) is 6.20 Å². The molecule has 0 radical (unpaired) electrons. The predicted molar refractivity (Wildman–Crippen MR) is 125 cm³/mol. The minimum Gasteiger partial charge on any atom is -0.381 e. The van der Waals surface area contributed by atoms with Gasteiger partial charge in [0, 0.05) is 42.6 Å². The summed E-state index contributed by atoms with van der Waals surface area (Å²) in [6.07, 6.45) is 5.45. The number of nitrogens with zero attached hydrogens (tertiary/aromatic N) is 2. The fourth-order valence-electron chi connectivity index (χ4n) is 4.01. The number of hydrogen-bond donors (Lipinski definition) is 1. The summed E-state index contributed by atoms with van der Waals surface area (Å²) in [5.41, 5.74) is 3.14. The normalized spacial score (nSPS) is 15.5. The number of carbonyl (C=O) groups excluding carboxylic acids is 1. The van der Waals surface area contributed by atoms with E-state index >= 15 is 0 Å². The Morgan fingerprint density at radius 1 is 1.19 bits per heavy atom. The fourth-order valence-corrected chi connectivity index (χ4v) is 4.97. The van der Waals surface area contributed by atoms with Crippen LogP contribution in [0.4, 0.5) is 0 Å². The number of ether oxygens (including phenoxy) is 1. The molecule has 31 heavy (non-hydrogen) atoms. The first-order valence-corrected chi connectivity index (χ1v) is 11.8. The molecule has 1 N–H and O–H groups in total. The van der Waals surface area contributed by atoms with Crippen LogP contribution in [-0.4, -0.2) is 41.0 Å². The highest BCUT2D eigenvalue weighted by Crippen LogP contribution is 2.34. The molecule has 1 aliphatic rings. The van der Waals surface area contributed by atoms with Gasteiger partial charge in [0.2, 0.25) is 5.91 Å². The molecular formula is C24H26ClN3O2S. The van der Waals surface area contributed by atoms with Crippen LogP contribution in [0.3, 0.4) is 0 Å². The van der Waals surface area contributed by atoms with Crippen molar-refractivity contribution >= 4 is 29.3 Å².